The summed E-state index contributed by atoms with van der Waals surface area (Å²) in [7, 11) is -1.28. The molecule has 0 aliphatic rings. The van der Waals surface area contributed by atoms with Gasteiger partial charge >= 0.3 is 0 Å². The monoisotopic (exact) mass is 321 g/mol. The van der Waals surface area contributed by atoms with Gasteiger partial charge < -0.3 is 0 Å². The molecule has 0 saturated carbocycles. The summed E-state index contributed by atoms with van der Waals surface area (Å²) < 4.78 is 28.2. The van der Waals surface area contributed by atoms with Crippen molar-refractivity contribution in [1.29, 1.82) is 0 Å². The number of nitrogens with one attached hydrogen (secondary N) is 1. The van der Waals surface area contributed by atoms with Gasteiger partial charge in [-0.15, -0.1) is 0 Å². The van der Waals surface area contributed by atoms with Crippen LogP contribution in [0.1, 0.15) is 32.4 Å². The average Bonchev–Trinajstić information content (AvgIpc) is 2.24. The molecule has 0 spiro atoms. The van der Waals surface area contributed by atoms with Crippen molar-refractivity contribution in [3.63, 3.8) is 0 Å². The van der Waals surface area contributed by atoms with Crippen molar-refractivity contribution in [3.05, 3.63) is 34.3 Å². The lowest BCUT2D eigenvalue weighted by molar-refractivity contribution is 0.418. The van der Waals surface area contributed by atoms with Crippen LogP contribution in [0.2, 0.25) is 0 Å². The highest BCUT2D eigenvalue weighted by molar-refractivity contribution is 9.10. The van der Waals surface area contributed by atoms with E-state index >= 15 is 0 Å². The van der Waals surface area contributed by atoms with E-state index in [0.717, 1.165) is 10.0 Å². The molecular weight excluding hydrogens is 305 g/mol. The highest BCUT2D eigenvalue weighted by Gasteiger charge is 2.23. The molecule has 0 aliphatic carbocycles. The van der Waals surface area contributed by atoms with Crippen molar-refractivity contribution in [2.75, 3.05) is 6.67 Å². The Morgan fingerprint density at radius 2 is 2.12 bits per heavy atom. The Morgan fingerprint density at radius 1 is 1.47 bits per heavy atom. The molecule has 1 aromatic carbocycles. The van der Waals surface area contributed by atoms with Gasteiger partial charge in [0, 0.05) is 4.47 Å². The lowest BCUT2D eigenvalue weighted by atomic mass is 10.1. The first-order valence-corrected chi connectivity index (χ1v) is 7.28. The molecule has 0 fully saturated rings. The predicted octanol–water partition coefficient (Wildman–Crippen LogP) is 3.51. The van der Waals surface area contributed by atoms with E-state index < -0.39 is 28.4 Å². The summed E-state index contributed by atoms with van der Waals surface area (Å²) in [6, 6.07) is 6.83. The van der Waals surface area contributed by atoms with Gasteiger partial charge in [0.2, 0.25) is 0 Å². The standard InChI is InChI=1S/C12H17BrFNOS/c1-12(2,3)17(16)15-11(8-14)9-5-4-6-10(13)7-9/h4-7,11,15H,8H2,1-3H3/t11?,17-/m0/s1. The summed E-state index contributed by atoms with van der Waals surface area (Å²) in [4.78, 5) is 0. The molecule has 0 amide bonds. The zero-order valence-electron chi connectivity index (χ0n) is 10.2. The lowest BCUT2D eigenvalue weighted by Gasteiger charge is -2.22. The molecular formula is C12H17BrFNOS. The summed E-state index contributed by atoms with van der Waals surface area (Å²) in [6.07, 6.45) is 0. The van der Waals surface area contributed by atoms with Crippen LogP contribution < -0.4 is 4.72 Å². The molecule has 0 saturated heterocycles. The molecule has 0 aliphatic heterocycles. The van der Waals surface area contributed by atoms with Crippen LogP contribution >= 0.6 is 15.9 Å². The van der Waals surface area contributed by atoms with Gasteiger partial charge in [0.1, 0.15) is 6.67 Å². The second-order valence-electron chi connectivity index (χ2n) is 4.76. The van der Waals surface area contributed by atoms with Crippen LogP contribution in [0.15, 0.2) is 28.7 Å². The number of hydrogen-bond donors (Lipinski definition) is 1. The minimum atomic E-state index is -1.28. The molecule has 0 aromatic heterocycles. The summed E-state index contributed by atoms with van der Waals surface area (Å²) in [5.74, 6) is 0. The predicted molar refractivity (Wildman–Crippen MR) is 73.9 cm³/mol. The van der Waals surface area contributed by atoms with Gasteiger partial charge in [0.15, 0.2) is 0 Å². The van der Waals surface area contributed by atoms with Crippen LogP contribution in [0.3, 0.4) is 0 Å². The molecule has 17 heavy (non-hydrogen) atoms. The third kappa shape index (κ3) is 4.48. The van der Waals surface area contributed by atoms with Gasteiger partial charge in [-0.1, -0.05) is 28.1 Å². The van der Waals surface area contributed by atoms with E-state index in [1.807, 2.05) is 45.0 Å². The first kappa shape index (κ1) is 14.8. The van der Waals surface area contributed by atoms with Gasteiger partial charge in [-0.05, 0) is 38.5 Å². The third-order valence-electron chi connectivity index (χ3n) is 2.21. The normalized spacial score (nSPS) is 15.6. The minimum Gasteiger partial charge on any atom is -0.249 e. The fourth-order valence-electron chi connectivity index (χ4n) is 1.22. The van der Waals surface area contributed by atoms with Gasteiger partial charge in [0.05, 0.1) is 21.8 Å². The summed E-state index contributed by atoms with van der Waals surface area (Å²) in [6.45, 7) is 4.98. The van der Waals surface area contributed by atoms with Crippen molar-refractivity contribution >= 4 is 26.9 Å². The maximum absolute atomic E-state index is 13.0. The van der Waals surface area contributed by atoms with E-state index in [1.165, 1.54) is 0 Å². The molecule has 0 heterocycles. The second kappa shape index (κ2) is 6.07. The molecule has 1 rings (SSSR count). The molecule has 96 valence electrons. The number of hydrogen-bond acceptors (Lipinski definition) is 1. The molecule has 1 aromatic rings. The Morgan fingerprint density at radius 3 is 2.59 bits per heavy atom. The summed E-state index contributed by atoms with van der Waals surface area (Å²) in [5, 5.41) is 0. The first-order chi connectivity index (χ1) is 7.84. The minimum absolute atomic E-state index is 0.403. The van der Waals surface area contributed by atoms with Crippen LogP contribution in [-0.4, -0.2) is 15.6 Å². The number of rotatable bonds is 4. The Hall–Kier alpha value is -0.260. The maximum atomic E-state index is 13.0. The number of alkyl halides is 1. The molecule has 0 bridgehead atoms. The SMILES string of the molecule is CC(C)(C)[S@](=O)NC(CF)c1cccc(Br)c1. The highest BCUT2D eigenvalue weighted by Crippen LogP contribution is 2.21. The van der Waals surface area contributed by atoms with E-state index in [9.17, 15) is 8.60 Å². The van der Waals surface area contributed by atoms with Gasteiger partial charge in [-0.3, -0.25) is 0 Å². The highest BCUT2D eigenvalue weighted by atomic mass is 79.9. The zero-order chi connectivity index (χ0) is 13.1. The van der Waals surface area contributed by atoms with Gasteiger partial charge in [-0.2, -0.15) is 0 Å². The summed E-state index contributed by atoms with van der Waals surface area (Å²) in [5.41, 5.74) is 0.791. The van der Waals surface area contributed by atoms with E-state index in [1.54, 1.807) is 0 Å². The fourth-order valence-corrected chi connectivity index (χ4v) is 2.45. The van der Waals surface area contributed by atoms with Crippen LogP contribution in [0.25, 0.3) is 0 Å². The Balaban J connectivity index is 2.83. The first-order valence-electron chi connectivity index (χ1n) is 5.34. The van der Waals surface area contributed by atoms with Crippen LogP contribution in [0, 0.1) is 0 Å². The van der Waals surface area contributed by atoms with Crippen molar-refractivity contribution in [2.24, 2.45) is 0 Å². The smallest absolute Gasteiger partial charge is 0.110 e. The van der Waals surface area contributed by atoms with Crippen molar-refractivity contribution < 1.29 is 8.60 Å². The topological polar surface area (TPSA) is 29.1 Å². The molecule has 5 heteroatoms. The number of halogens is 2. The molecule has 2 nitrogen and oxygen atoms in total. The van der Waals surface area contributed by atoms with Crippen LogP contribution in [0.5, 0.6) is 0 Å². The maximum Gasteiger partial charge on any atom is 0.110 e. The van der Waals surface area contributed by atoms with Crippen LogP contribution in [0.4, 0.5) is 4.39 Å². The van der Waals surface area contributed by atoms with E-state index in [4.69, 9.17) is 0 Å². The average molecular weight is 322 g/mol. The second-order valence-corrected chi connectivity index (χ2v) is 7.67. The lowest BCUT2D eigenvalue weighted by Crippen LogP contribution is -2.36. The van der Waals surface area contributed by atoms with Crippen molar-refractivity contribution in [3.8, 4) is 0 Å². The molecule has 1 N–H and O–H groups in total. The molecule has 2 atom stereocenters. The zero-order valence-corrected chi connectivity index (χ0v) is 12.6. The third-order valence-corrected chi connectivity index (χ3v) is 4.32. The van der Waals surface area contributed by atoms with Gasteiger partial charge in [0.25, 0.3) is 0 Å². The molecule has 1 unspecified atom stereocenters. The Labute approximate surface area is 113 Å². The van der Waals surface area contributed by atoms with Crippen molar-refractivity contribution in [1.82, 2.24) is 4.72 Å². The summed E-state index contributed by atoms with van der Waals surface area (Å²) >= 11 is 3.34. The molecule has 0 radical (unpaired) electrons. The van der Waals surface area contributed by atoms with Crippen LogP contribution in [-0.2, 0) is 11.0 Å². The Bertz CT molecular complexity index is 406. The van der Waals surface area contributed by atoms with Gasteiger partial charge in [-0.25, -0.2) is 13.3 Å². The number of benzene rings is 1. The van der Waals surface area contributed by atoms with Crippen molar-refractivity contribution in [2.45, 2.75) is 31.6 Å². The Kier molecular flexibility index (Phi) is 5.28. The largest absolute Gasteiger partial charge is 0.249 e. The van der Waals surface area contributed by atoms with E-state index in [0.29, 0.717) is 0 Å². The quantitative estimate of drug-likeness (QED) is 0.903. The van der Waals surface area contributed by atoms with E-state index in [-0.39, 0.29) is 0 Å². The van der Waals surface area contributed by atoms with E-state index in [2.05, 4.69) is 20.7 Å². The fraction of sp³-hybridized carbons (Fsp3) is 0.500.